The van der Waals surface area contributed by atoms with Gasteiger partial charge in [-0.3, -0.25) is 4.79 Å². The zero-order valence-corrected chi connectivity index (χ0v) is 10.1. The lowest BCUT2D eigenvalue weighted by atomic mass is 10.3. The molecule has 1 aromatic carbocycles. The quantitative estimate of drug-likeness (QED) is 0.726. The molecule has 0 spiro atoms. The van der Waals surface area contributed by atoms with Crippen LogP contribution in [0.2, 0.25) is 0 Å². The second-order valence-corrected chi connectivity index (χ2v) is 4.11. The standard InChI is InChI=1S/C13H16N3O/c1-4-15-10-16(9-13(17)14(2)3)12-8-6-5-7-11(12)15/h4-8,10H,1,9H2,2-3H3/q+1. The molecule has 0 fully saturated rings. The third kappa shape index (κ3) is 2.06. The molecule has 4 heteroatoms. The summed E-state index contributed by atoms with van der Waals surface area (Å²) in [7, 11) is 3.52. The van der Waals surface area contributed by atoms with E-state index in [1.165, 1.54) is 0 Å². The first-order valence-corrected chi connectivity index (χ1v) is 5.45. The molecule has 4 nitrogen and oxygen atoms in total. The van der Waals surface area contributed by atoms with Crippen molar-refractivity contribution in [2.75, 3.05) is 14.1 Å². The van der Waals surface area contributed by atoms with Gasteiger partial charge in [0.25, 0.3) is 5.91 Å². The maximum Gasteiger partial charge on any atom is 0.264 e. The van der Waals surface area contributed by atoms with Crippen molar-refractivity contribution in [3.05, 3.63) is 37.2 Å². The van der Waals surface area contributed by atoms with Gasteiger partial charge in [0, 0.05) is 14.1 Å². The van der Waals surface area contributed by atoms with Crippen LogP contribution in [0.1, 0.15) is 0 Å². The molecule has 0 saturated heterocycles. The fourth-order valence-corrected chi connectivity index (χ4v) is 1.76. The van der Waals surface area contributed by atoms with Gasteiger partial charge in [-0.15, -0.1) is 0 Å². The molecule has 0 radical (unpaired) electrons. The van der Waals surface area contributed by atoms with Crippen LogP contribution in [-0.4, -0.2) is 29.5 Å². The summed E-state index contributed by atoms with van der Waals surface area (Å²) >= 11 is 0. The minimum absolute atomic E-state index is 0.0713. The summed E-state index contributed by atoms with van der Waals surface area (Å²) in [6, 6.07) is 7.94. The molecule has 0 bridgehead atoms. The normalized spacial score (nSPS) is 10.5. The highest BCUT2D eigenvalue weighted by molar-refractivity contribution is 5.77. The third-order valence-electron chi connectivity index (χ3n) is 2.73. The maximum atomic E-state index is 11.7. The Kier molecular flexibility index (Phi) is 2.95. The predicted octanol–water partition coefficient (Wildman–Crippen LogP) is 1.12. The number of hydrogen-bond acceptors (Lipinski definition) is 1. The average Bonchev–Trinajstić information content (AvgIpc) is 2.68. The molecule has 17 heavy (non-hydrogen) atoms. The van der Waals surface area contributed by atoms with Gasteiger partial charge in [0.05, 0.1) is 6.20 Å². The van der Waals surface area contributed by atoms with Crippen LogP contribution in [0.5, 0.6) is 0 Å². The van der Waals surface area contributed by atoms with Gasteiger partial charge in [-0.05, 0) is 12.1 Å². The fourth-order valence-electron chi connectivity index (χ4n) is 1.76. The van der Waals surface area contributed by atoms with E-state index < -0.39 is 0 Å². The van der Waals surface area contributed by atoms with Crippen LogP contribution in [0.25, 0.3) is 17.2 Å². The van der Waals surface area contributed by atoms with E-state index in [1.807, 2.05) is 39.7 Å². The monoisotopic (exact) mass is 230 g/mol. The number of para-hydroxylation sites is 2. The topological polar surface area (TPSA) is 29.1 Å². The first-order valence-electron chi connectivity index (χ1n) is 5.45. The molecular weight excluding hydrogens is 214 g/mol. The predicted molar refractivity (Wildman–Crippen MR) is 67.2 cm³/mol. The van der Waals surface area contributed by atoms with Gasteiger partial charge >= 0.3 is 0 Å². The van der Waals surface area contributed by atoms with Crippen LogP contribution in [0.15, 0.2) is 37.2 Å². The summed E-state index contributed by atoms with van der Waals surface area (Å²) in [5.41, 5.74) is 2.08. The van der Waals surface area contributed by atoms with Gasteiger partial charge < -0.3 is 4.90 Å². The summed E-state index contributed by atoms with van der Waals surface area (Å²) in [6.07, 6.45) is 3.62. The highest BCUT2D eigenvalue weighted by Crippen LogP contribution is 2.10. The minimum atomic E-state index is 0.0713. The van der Waals surface area contributed by atoms with Crippen LogP contribution >= 0.6 is 0 Å². The van der Waals surface area contributed by atoms with Gasteiger partial charge in [-0.1, -0.05) is 18.7 Å². The van der Waals surface area contributed by atoms with Crippen LogP contribution in [0.4, 0.5) is 0 Å². The Bertz CT molecular complexity index is 569. The van der Waals surface area contributed by atoms with Gasteiger partial charge in [0.1, 0.15) is 0 Å². The Labute approximate surface area is 100 Å². The number of likely N-dealkylation sites (N-methyl/N-ethyl adjacent to an activating group) is 1. The molecule has 1 amide bonds. The number of fused-ring (bicyclic) bond motifs is 1. The van der Waals surface area contributed by atoms with E-state index in [1.54, 1.807) is 25.2 Å². The van der Waals surface area contributed by atoms with E-state index in [9.17, 15) is 4.79 Å². The van der Waals surface area contributed by atoms with E-state index in [4.69, 9.17) is 0 Å². The largest absolute Gasteiger partial charge is 0.345 e. The Morgan fingerprint density at radius 2 is 2.18 bits per heavy atom. The number of carbonyl (C=O) groups is 1. The van der Waals surface area contributed by atoms with Gasteiger partial charge in [0.15, 0.2) is 17.6 Å². The van der Waals surface area contributed by atoms with Crippen LogP contribution in [0.3, 0.4) is 0 Å². The summed E-state index contributed by atoms with van der Waals surface area (Å²) in [4.78, 5) is 13.3. The fraction of sp³-hybridized carbons (Fsp3) is 0.231. The average molecular weight is 230 g/mol. The van der Waals surface area contributed by atoms with E-state index in [-0.39, 0.29) is 5.91 Å². The van der Waals surface area contributed by atoms with Crippen molar-refractivity contribution in [3.63, 3.8) is 0 Å². The van der Waals surface area contributed by atoms with Crippen molar-refractivity contribution in [1.29, 1.82) is 0 Å². The molecule has 0 unspecified atom stereocenters. The first kappa shape index (κ1) is 11.4. The van der Waals surface area contributed by atoms with Crippen molar-refractivity contribution in [1.82, 2.24) is 9.47 Å². The molecule has 1 aromatic heterocycles. The molecule has 0 aliphatic carbocycles. The van der Waals surface area contributed by atoms with Crippen molar-refractivity contribution >= 4 is 23.1 Å². The second-order valence-electron chi connectivity index (χ2n) is 4.11. The summed E-state index contributed by atoms with van der Waals surface area (Å²) in [6.45, 7) is 4.10. The lowest BCUT2D eigenvalue weighted by molar-refractivity contribution is -0.659. The smallest absolute Gasteiger partial charge is 0.264 e. The number of benzene rings is 1. The highest BCUT2D eigenvalue weighted by Gasteiger charge is 2.16. The Hall–Kier alpha value is -2.10. The lowest BCUT2D eigenvalue weighted by Crippen LogP contribution is -2.41. The minimum Gasteiger partial charge on any atom is -0.345 e. The van der Waals surface area contributed by atoms with Crippen molar-refractivity contribution in [2.45, 2.75) is 6.54 Å². The molecule has 88 valence electrons. The number of aromatic nitrogens is 2. The molecule has 0 aliphatic rings. The SMILES string of the molecule is C=Cn1c[n+](CC(=O)N(C)C)c2ccccc21. The lowest BCUT2D eigenvalue weighted by Gasteiger charge is -2.07. The van der Waals surface area contributed by atoms with Crippen molar-refractivity contribution in [3.8, 4) is 0 Å². The summed E-state index contributed by atoms with van der Waals surface area (Å²) in [5, 5.41) is 0. The van der Waals surface area contributed by atoms with E-state index in [2.05, 4.69) is 6.58 Å². The first-order chi connectivity index (χ1) is 8.13. The molecule has 0 N–H and O–H groups in total. The molecule has 0 atom stereocenters. The zero-order chi connectivity index (χ0) is 12.4. The molecule has 0 saturated carbocycles. The molecule has 0 aliphatic heterocycles. The zero-order valence-electron chi connectivity index (χ0n) is 10.1. The Balaban J connectivity index is 2.47. The molecule has 2 aromatic rings. The van der Waals surface area contributed by atoms with E-state index in [0.717, 1.165) is 11.0 Å². The van der Waals surface area contributed by atoms with E-state index in [0.29, 0.717) is 6.54 Å². The summed E-state index contributed by atoms with van der Waals surface area (Å²) in [5.74, 6) is 0.0713. The molecule has 2 rings (SSSR count). The highest BCUT2D eigenvalue weighted by atomic mass is 16.2. The maximum absolute atomic E-state index is 11.7. The van der Waals surface area contributed by atoms with Crippen molar-refractivity contribution < 1.29 is 9.36 Å². The Morgan fingerprint density at radius 3 is 2.82 bits per heavy atom. The summed E-state index contributed by atoms with van der Waals surface area (Å²) < 4.78 is 3.84. The second kappa shape index (κ2) is 4.41. The van der Waals surface area contributed by atoms with Crippen LogP contribution < -0.4 is 4.57 Å². The van der Waals surface area contributed by atoms with Gasteiger partial charge in [-0.2, -0.15) is 0 Å². The third-order valence-corrected chi connectivity index (χ3v) is 2.73. The number of carbonyl (C=O) groups excluding carboxylic acids is 1. The van der Waals surface area contributed by atoms with Crippen molar-refractivity contribution in [2.24, 2.45) is 0 Å². The number of rotatable bonds is 3. The number of nitrogens with zero attached hydrogens (tertiary/aromatic N) is 3. The number of amides is 1. The van der Waals surface area contributed by atoms with Crippen LogP contribution in [-0.2, 0) is 11.3 Å². The Morgan fingerprint density at radius 1 is 1.47 bits per heavy atom. The number of imidazole rings is 1. The van der Waals surface area contributed by atoms with Crippen LogP contribution in [0, 0.1) is 0 Å². The van der Waals surface area contributed by atoms with Gasteiger partial charge in [-0.25, -0.2) is 9.13 Å². The molecule has 1 heterocycles. The van der Waals surface area contributed by atoms with Gasteiger partial charge in [0.2, 0.25) is 6.33 Å². The number of hydrogen-bond donors (Lipinski definition) is 0. The molecular formula is C13H16N3O+. The van der Waals surface area contributed by atoms with E-state index >= 15 is 0 Å².